The van der Waals surface area contributed by atoms with E-state index in [2.05, 4.69) is 13.2 Å². The first-order chi connectivity index (χ1) is 22.2. The molecule has 0 amide bonds. The minimum atomic E-state index is -0.557. The summed E-state index contributed by atoms with van der Waals surface area (Å²) in [7, 11) is 0. The Kier molecular flexibility index (Phi) is 11.8. The van der Waals surface area contributed by atoms with Crippen molar-refractivity contribution in [3.63, 3.8) is 0 Å². The lowest BCUT2D eigenvalue weighted by Crippen LogP contribution is -2.10. The number of carbonyl (C=O) groups is 4. The van der Waals surface area contributed by atoms with Gasteiger partial charge in [0, 0.05) is 12.2 Å². The molecule has 0 saturated heterocycles. The highest BCUT2D eigenvalue weighted by Gasteiger charge is 2.14. The van der Waals surface area contributed by atoms with Gasteiger partial charge in [-0.15, -0.1) is 0 Å². The fourth-order valence-electron chi connectivity index (χ4n) is 4.36. The van der Waals surface area contributed by atoms with E-state index in [1.165, 1.54) is 0 Å². The fourth-order valence-corrected chi connectivity index (χ4v) is 4.36. The van der Waals surface area contributed by atoms with Gasteiger partial charge < -0.3 is 23.7 Å². The van der Waals surface area contributed by atoms with Crippen LogP contribution in [-0.4, -0.2) is 37.1 Å². The number of fused-ring (bicyclic) bond motifs is 1. The number of aryl methyl sites for hydroxylation is 1. The molecule has 4 rings (SSSR count). The Morgan fingerprint density at radius 2 is 1.17 bits per heavy atom. The molecule has 0 bridgehead atoms. The van der Waals surface area contributed by atoms with E-state index in [4.69, 9.17) is 23.7 Å². The Morgan fingerprint density at radius 3 is 1.89 bits per heavy atom. The first-order valence-electron chi connectivity index (χ1n) is 14.7. The van der Waals surface area contributed by atoms with Crippen LogP contribution in [0.3, 0.4) is 0 Å². The molecule has 0 heterocycles. The standard InChI is InChI=1S/C37H34O9/c1-4-34(38)43-21-9-7-6-8-20-42-30-15-12-26(13-16-30)36(40)45-31-18-19-33(25(3)22-31)46-37(41)29-11-10-28-24-32(44-35(39)5-2)17-14-27(28)23-29/h4-5,10-19,22-24H,1-2,6-9,20-21H2,3H3. The summed E-state index contributed by atoms with van der Waals surface area (Å²) in [5, 5.41) is 1.55. The summed E-state index contributed by atoms with van der Waals surface area (Å²) in [6.07, 6.45) is 5.74. The molecular formula is C37H34O9. The molecule has 236 valence electrons. The van der Waals surface area contributed by atoms with Crippen molar-refractivity contribution >= 4 is 34.6 Å². The minimum absolute atomic E-state index is 0.306. The molecule has 0 fully saturated rings. The number of ether oxygens (including phenoxy) is 5. The van der Waals surface area contributed by atoms with Crippen LogP contribution >= 0.6 is 0 Å². The maximum Gasteiger partial charge on any atom is 0.343 e. The number of esters is 4. The molecule has 0 spiro atoms. The number of rotatable bonds is 15. The van der Waals surface area contributed by atoms with Crippen LogP contribution in [0.5, 0.6) is 23.0 Å². The molecular weight excluding hydrogens is 588 g/mol. The zero-order valence-corrected chi connectivity index (χ0v) is 25.5. The monoisotopic (exact) mass is 622 g/mol. The zero-order valence-electron chi connectivity index (χ0n) is 25.5. The molecule has 0 unspecified atom stereocenters. The molecule has 9 nitrogen and oxygen atoms in total. The highest BCUT2D eigenvalue weighted by Crippen LogP contribution is 2.27. The SMILES string of the molecule is C=CC(=O)OCCCCCCOc1ccc(C(=O)Oc2ccc(OC(=O)c3ccc4cc(OC(=O)C=C)ccc4c3)c(C)c2)cc1. The normalized spacial score (nSPS) is 10.5. The van der Waals surface area contributed by atoms with E-state index in [0.29, 0.717) is 52.9 Å². The quantitative estimate of drug-likeness (QED) is 0.0581. The van der Waals surface area contributed by atoms with Crippen LogP contribution < -0.4 is 18.9 Å². The Hall–Kier alpha value is -5.70. The van der Waals surface area contributed by atoms with Crippen molar-refractivity contribution < 1.29 is 42.9 Å². The van der Waals surface area contributed by atoms with Crippen LogP contribution in [0.4, 0.5) is 0 Å². The van der Waals surface area contributed by atoms with E-state index in [1.54, 1.807) is 85.8 Å². The lowest BCUT2D eigenvalue weighted by Gasteiger charge is -2.11. The molecule has 0 aliphatic carbocycles. The molecule has 0 radical (unpaired) electrons. The zero-order chi connectivity index (χ0) is 32.9. The van der Waals surface area contributed by atoms with Crippen molar-refractivity contribution in [2.45, 2.75) is 32.6 Å². The molecule has 0 atom stereocenters. The minimum Gasteiger partial charge on any atom is -0.494 e. The average Bonchev–Trinajstić information content (AvgIpc) is 3.06. The first-order valence-corrected chi connectivity index (χ1v) is 14.7. The maximum atomic E-state index is 12.9. The van der Waals surface area contributed by atoms with Crippen molar-refractivity contribution in [3.8, 4) is 23.0 Å². The third kappa shape index (κ3) is 9.65. The summed E-state index contributed by atoms with van der Waals surface area (Å²) in [4.78, 5) is 48.1. The van der Waals surface area contributed by atoms with Crippen LogP contribution in [0.1, 0.15) is 52.0 Å². The van der Waals surface area contributed by atoms with E-state index in [0.717, 1.165) is 48.6 Å². The van der Waals surface area contributed by atoms with Gasteiger partial charge in [-0.05, 0) is 116 Å². The molecule has 9 heteroatoms. The summed E-state index contributed by atoms with van der Waals surface area (Å²) in [5.74, 6) is -0.403. The number of benzene rings is 4. The lowest BCUT2D eigenvalue weighted by molar-refractivity contribution is -0.137. The highest BCUT2D eigenvalue weighted by atomic mass is 16.5. The van der Waals surface area contributed by atoms with Gasteiger partial charge in [0.2, 0.25) is 0 Å². The van der Waals surface area contributed by atoms with E-state index in [9.17, 15) is 19.2 Å². The van der Waals surface area contributed by atoms with Crippen molar-refractivity contribution in [1.82, 2.24) is 0 Å². The highest BCUT2D eigenvalue weighted by molar-refractivity contribution is 5.97. The van der Waals surface area contributed by atoms with E-state index in [-0.39, 0.29) is 0 Å². The van der Waals surface area contributed by atoms with Gasteiger partial charge in [-0.3, -0.25) is 0 Å². The summed E-state index contributed by atoms with van der Waals surface area (Å²) in [6, 6.07) is 21.5. The number of hydrogen-bond donors (Lipinski definition) is 0. The van der Waals surface area contributed by atoms with Crippen molar-refractivity contribution in [3.05, 3.63) is 121 Å². The maximum absolute atomic E-state index is 12.9. The van der Waals surface area contributed by atoms with Crippen LogP contribution in [0.25, 0.3) is 10.8 Å². The molecule has 4 aromatic rings. The van der Waals surface area contributed by atoms with Crippen LogP contribution in [0.15, 0.2) is 104 Å². The molecule has 0 aliphatic rings. The largest absolute Gasteiger partial charge is 0.494 e. The molecule has 0 saturated carbocycles. The summed E-state index contributed by atoms with van der Waals surface area (Å²) in [5.41, 5.74) is 1.31. The third-order valence-electron chi connectivity index (χ3n) is 6.80. The summed E-state index contributed by atoms with van der Waals surface area (Å²) in [6.45, 7) is 9.40. The summed E-state index contributed by atoms with van der Waals surface area (Å²) >= 11 is 0. The van der Waals surface area contributed by atoms with Crippen LogP contribution in [0.2, 0.25) is 0 Å². The van der Waals surface area contributed by atoms with Gasteiger partial charge in [-0.25, -0.2) is 19.2 Å². The lowest BCUT2D eigenvalue weighted by atomic mass is 10.1. The molecule has 0 aliphatic heterocycles. The fraction of sp³-hybridized carbons (Fsp3) is 0.189. The van der Waals surface area contributed by atoms with Crippen molar-refractivity contribution in [1.29, 1.82) is 0 Å². The van der Waals surface area contributed by atoms with Gasteiger partial charge in [-0.1, -0.05) is 25.3 Å². The van der Waals surface area contributed by atoms with E-state index >= 15 is 0 Å². The second kappa shape index (κ2) is 16.4. The van der Waals surface area contributed by atoms with Gasteiger partial charge in [0.05, 0.1) is 24.3 Å². The van der Waals surface area contributed by atoms with Gasteiger partial charge >= 0.3 is 23.9 Å². The Balaban J connectivity index is 1.25. The first kappa shape index (κ1) is 33.2. The number of hydrogen-bond acceptors (Lipinski definition) is 9. The van der Waals surface area contributed by atoms with E-state index < -0.39 is 23.9 Å². The van der Waals surface area contributed by atoms with Crippen molar-refractivity contribution in [2.75, 3.05) is 13.2 Å². The molecule has 4 aromatic carbocycles. The predicted octanol–water partition coefficient (Wildman–Crippen LogP) is 7.35. The smallest absolute Gasteiger partial charge is 0.343 e. The number of carbonyl (C=O) groups excluding carboxylic acids is 4. The number of unbranched alkanes of at least 4 members (excludes halogenated alkanes) is 3. The Morgan fingerprint density at radius 1 is 0.587 bits per heavy atom. The second-order valence-electron chi connectivity index (χ2n) is 10.2. The van der Waals surface area contributed by atoms with Crippen molar-refractivity contribution in [2.24, 2.45) is 0 Å². The van der Waals surface area contributed by atoms with Gasteiger partial charge in [0.15, 0.2) is 0 Å². The second-order valence-corrected chi connectivity index (χ2v) is 10.2. The average molecular weight is 623 g/mol. The predicted molar refractivity (Wildman–Crippen MR) is 172 cm³/mol. The molecule has 0 aromatic heterocycles. The van der Waals surface area contributed by atoms with Crippen LogP contribution in [-0.2, 0) is 14.3 Å². The molecule has 0 N–H and O–H groups in total. The van der Waals surface area contributed by atoms with Gasteiger partial charge in [0.1, 0.15) is 23.0 Å². The Labute approximate surface area is 267 Å². The van der Waals surface area contributed by atoms with Gasteiger partial charge in [-0.2, -0.15) is 0 Å². The topological polar surface area (TPSA) is 114 Å². The van der Waals surface area contributed by atoms with Gasteiger partial charge in [0.25, 0.3) is 0 Å². The van der Waals surface area contributed by atoms with Crippen LogP contribution in [0, 0.1) is 6.92 Å². The molecule has 46 heavy (non-hydrogen) atoms. The third-order valence-corrected chi connectivity index (χ3v) is 6.80. The summed E-state index contributed by atoms with van der Waals surface area (Å²) < 4.78 is 27.0. The Bertz CT molecular complexity index is 1740. The van der Waals surface area contributed by atoms with E-state index in [1.807, 2.05) is 0 Å².